The average molecular weight is 200 g/mol. The van der Waals surface area contributed by atoms with Gasteiger partial charge in [0, 0.05) is 0 Å². The van der Waals surface area contributed by atoms with E-state index in [2.05, 4.69) is 38.2 Å². The van der Waals surface area contributed by atoms with Gasteiger partial charge in [0.15, 0.2) is 0 Å². The van der Waals surface area contributed by atoms with Crippen molar-refractivity contribution in [2.24, 2.45) is 0 Å². The molecule has 0 nitrogen and oxygen atoms in total. The zero-order chi connectivity index (χ0) is 10.7. The van der Waals surface area contributed by atoms with Gasteiger partial charge in [0.1, 0.15) is 0 Å². The summed E-state index contributed by atoms with van der Waals surface area (Å²) < 4.78 is 0. The number of hydrogen-bond acceptors (Lipinski definition) is 0. The highest BCUT2D eigenvalue weighted by atomic mass is 14.2. The van der Waals surface area contributed by atoms with Crippen LogP contribution in [-0.4, -0.2) is 0 Å². The van der Waals surface area contributed by atoms with Crippen molar-refractivity contribution < 1.29 is 0 Å². The molecule has 0 bridgehead atoms. The Bertz CT molecular complexity index is 325. The van der Waals surface area contributed by atoms with E-state index >= 15 is 0 Å². The van der Waals surface area contributed by atoms with Gasteiger partial charge in [0.25, 0.3) is 0 Å². The van der Waals surface area contributed by atoms with Crippen LogP contribution < -0.4 is 0 Å². The van der Waals surface area contributed by atoms with Crippen molar-refractivity contribution in [3.8, 4) is 0 Å². The van der Waals surface area contributed by atoms with Crippen molar-refractivity contribution in [1.29, 1.82) is 0 Å². The molecule has 0 aliphatic heterocycles. The van der Waals surface area contributed by atoms with Gasteiger partial charge in [0.05, 0.1) is 0 Å². The summed E-state index contributed by atoms with van der Waals surface area (Å²) in [5.41, 5.74) is 6.24. The molecule has 0 aromatic heterocycles. The molecule has 0 N–H and O–H groups in total. The third-order valence-corrected chi connectivity index (χ3v) is 3.30. The fourth-order valence-electron chi connectivity index (χ4n) is 2.32. The highest BCUT2D eigenvalue weighted by molar-refractivity contribution is 5.39. The van der Waals surface area contributed by atoms with Gasteiger partial charge in [-0.2, -0.15) is 0 Å². The molecule has 2 aliphatic rings. The number of allylic oxidation sites excluding steroid dienone is 8. The SMILES string of the molecule is CCC1=CCC(CC2=CC(CC)=CC2)=C1. The molecule has 0 heteroatoms. The maximum absolute atomic E-state index is 2.39. The lowest BCUT2D eigenvalue weighted by Gasteiger charge is -2.02. The van der Waals surface area contributed by atoms with Crippen LogP contribution in [0.4, 0.5) is 0 Å². The van der Waals surface area contributed by atoms with Crippen molar-refractivity contribution in [2.75, 3.05) is 0 Å². The molecule has 0 unspecified atom stereocenters. The van der Waals surface area contributed by atoms with Gasteiger partial charge in [-0.15, -0.1) is 0 Å². The second kappa shape index (κ2) is 4.65. The molecule has 0 saturated carbocycles. The summed E-state index contributed by atoms with van der Waals surface area (Å²) in [5, 5.41) is 0. The van der Waals surface area contributed by atoms with Crippen molar-refractivity contribution in [3.05, 3.63) is 46.6 Å². The van der Waals surface area contributed by atoms with Crippen LogP contribution >= 0.6 is 0 Å². The predicted octanol–water partition coefficient (Wildman–Crippen LogP) is 4.71. The van der Waals surface area contributed by atoms with Crippen LogP contribution in [0.5, 0.6) is 0 Å². The van der Waals surface area contributed by atoms with E-state index in [9.17, 15) is 0 Å². The van der Waals surface area contributed by atoms with Gasteiger partial charge in [0.2, 0.25) is 0 Å². The molecule has 0 saturated heterocycles. The van der Waals surface area contributed by atoms with Crippen molar-refractivity contribution in [3.63, 3.8) is 0 Å². The smallest absolute Gasteiger partial charge is 0.00958 e. The highest BCUT2D eigenvalue weighted by Crippen LogP contribution is 2.30. The third kappa shape index (κ3) is 2.50. The minimum Gasteiger partial charge on any atom is -0.0772 e. The van der Waals surface area contributed by atoms with Crippen LogP contribution in [0.25, 0.3) is 0 Å². The van der Waals surface area contributed by atoms with E-state index in [4.69, 9.17) is 0 Å². The molecular weight excluding hydrogens is 180 g/mol. The Morgan fingerprint density at radius 1 is 0.867 bits per heavy atom. The van der Waals surface area contributed by atoms with Gasteiger partial charge in [-0.25, -0.2) is 0 Å². The summed E-state index contributed by atoms with van der Waals surface area (Å²) in [7, 11) is 0. The maximum atomic E-state index is 2.39. The monoisotopic (exact) mass is 200 g/mol. The van der Waals surface area contributed by atoms with Gasteiger partial charge < -0.3 is 0 Å². The molecule has 0 aromatic rings. The Kier molecular flexibility index (Phi) is 3.25. The van der Waals surface area contributed by atoms with Crippen LogP contribution in [0, 0.1) is 0 Å². The van der Waals surface area contributed by atoms with Gasteiger partial charge in [-0.1, -0.05) is 60.4 Å². The molecule has 0 radical (unpaired) electrons. The molecule has 0 fully saturated rings. The first-order valence-corrected chi connectivity index (χ1v) is 6.08. The van der Waals surface area contributed by atoms with E-state index in [0.717, 1.165) is 0 Å². The van der Waals surface area contributed by atoms with Gasteiger partial charge >= 0.3 is 0 Å². The predicted molar refractivity (Wildman–Crippen MR) is 66.8 cm³/mol. The molecular formula is C15H20. The summed E-state index contributed by atoms with van der Waals surface area (Å²) in [6.07, 6.45) is 15.5. The highest BCUT2D eigenvalue weighted by Gasteiger charge is 2.10. The molecule has 0 amide bonds. The Hall–Kier alpha value is -1.04. The maximum Gasteiger partial charge on any atom is -0.00958 e. The Morgan fingerprint density at radius 2 is 1.33 bits per heavy atom. The average Bonchev–Trinajstić information content (AvgIpc) is 2.87. The lowest BCUT2D eigenvalue weighted by Crippen LogP contribution is -1.82. The van der Waals surface area contributed by atoms with Gasteiger partial charge in [-0.05, 0) is 32.1 Å². The normalized spacial score (nSPS) is 19.9. The first-order valence-electron chi connectivity index (χ1n) is 6.08. The van der Waals surface area contributed by atoms with Crippen LogP contribution in [0.3, 0.4) is 0 Å². The Morgan fingerprint density at radius 3 is 1.67 bits per heavy atom. The van der Waals surface area contributed by atoms with Crippen LogP contribution in [0.2, 0.25) is 0 Å². The summed E-state index contributed by atoms with van der Waals surface area (Å²) in [5.74, 6) is 0. The van der Waals surface area contributed by atoms with Crippen molar-refractivity contribution in [1.82, 2.24) is 0 Å². The largest absolute Gasteiger partial charge is 0.0772 e. The zero-order valence-electron chi connectivity index (χ0n) is 9.84. The van der Waals surface area contributed by atoms with E-state index in [1.807, 2.05) is 0 Å². The topological polar surface area (TPSA) is 0 Å². The second-order valence-corrected chi connectivity index (χ2v) is 4.46. The first-order chi connectivity index (χ1) is 7.31. The number of hydrogen-bond donors (Lipinski definition) is 0. The lowest BCUT2D eigenvalue weighted by atomic mass is 10.0. The van der Waals surface area contributed by atoms with Crippen molar-refractivity contribution >= 4 is 0 Å². The Balaban J connectivity index is 1.91. The third-order valence-electron chi connectivity index (χ3n) is 3.30. The summed E-state index contributed by atoms with van der Waals surface area (Å²) >= 11 is 0. The molecule has 0 spiro atoms. The minimum absolute atomic E-state index is 1.18. The fourth-order valence-corrected chi connectivity index (χ4v) is 2.32. The van der Waals surface area contributed by atoms with Crippen molar-refractivity contribution in [2.45, 2.75) is 46.0 Å². The number of rotatable bonds is 4. The molecule has 2 rings (SSSR count). The quantitative estimate of drug-likeness (QED) is 0.616. The Labute approximate surface area is 93.1 Å². The first kappa shape index (κ1) is 10.5. The molecule has 15 heavy (non-hydrogen) atoms. The molecule has 2 aliphatic carbocycles. The summed E-state index contributed by atoms with van der Waals surface area (Å²) in [6.45, 7) is 4.47. The van der Waals surface area contributed by atoms with E-state index in [1.54, 1.807) is 11.1 Å². The second-order valence-electron chi connectivity index (χ2n) is 4.46. The van der Waals surface area contributed by atoms with E-state index in [1.165, 1.54) is 43.3 Å². The lowest BCUT2D eigenvalue weighted by molar-refractivity contribution is 1.03. The van der Waals surface area contributed by atoms with Crippen LogP contribution in [-0.2, 0) is 0 Å². The molecule has 0 heterocycles. The van der Waals surface area contributed by atoms with Crippen LogP contribution in [0.1, 0.15) is 46.0 Å². The molecule has 0 aromatic carbocycles. The standard InChI is InChI=1S/C15H20/c1-3-12-5-7-14(9-12)11-15-8-6-13(4-2)10-15/h5-6,9-10H,3-4,7-8,11H2,1-2H3. The fraction of sp³-hybridized carbons (Fsp3) is 0.467. The van der Waals surface area contributed by atoms with E-state index in [0.29, 0.717) is 0 Å². The van der Waals surface area contributed by atoms with Gasteiger partial charge in [-0.3, -0.25) is 0 Å². The summed E-state index contributed by atoms with van der Waals surface area (Å²) in [6, 6.07) is 0. The van der Waals surface area contributed by atoms with Crippen LogP contribution in [0.15, 0.2) is 46.6 Å². The molecule has 80 valence electrons. The minimum atomic E-state index is 1.18. The zero-order valence-corrected chi connectivity index (χ0v) is 9.84. The van der Waals surface area contributed by atoms with E-state index < -0.39 is 0 Å². The van der Waals surface area contributed by atoms with E-state index in [-0.39, 0.29) is 0 Å². The summed E-state index contributed by atoms with van der Waals surface area (Å²) in [4.78, 5) is 0. The molecule has 0 atom stereocenters.